The van der Waals surface area contributed by atoms with Gasteiger partial charge in [-0.25, -0.2) is 29.9 Å². The van der Waals surface area contributed by atoms with Crippen LogP contribution in [0.5, 0.6) is 0 Å². The maximum Gasteiger partial charge on any atom is 0.182 e. The Hall–Kier alpha value is -9.76. The molecule has 0 N–H and O–H groups in total. The molecule has 0 amide bonds. The van der Waals surface area contributed by atoms with Gasteiger partial charge in [-0.2, -0.15) is 0 Å². The molecule has 0 saturated heterocycles. The van der Waals surface area contributed by atoms with Crippen molar-refractivity contribution in [2.75, 3.05) is 9.80 Å². The molecule has 0 bridgehead atoms. The summed E-state index contributed by atoms with van der Waals surface area (Å²) in [6.45, 7) is 0. The van der Waals surface area contributed by atoms with Gasteiger partial charge in [0, 0.05) is 66.9 Å². The van der Waals surface area contributed by atoms with Crippen molar-refractivity contribution in [2.45, 2.75) is 19.6 Å². The minimum absolute atomic E-state index is 0.426. The molecule has 12 aromatic rings. The highest BCUT2D eigenvalue weighted by molar-refractivity contribution is 8.00. The molecule has 14 heteroatoms. The first-order chi connectivity index (χ1) is 37.6. The molecule has 12 nitrogen and oxygen atoms in total. The van der Waals surface area contributed by atoms with Gasteiger partial charge in [0.2, 0.25) is 0 Å². The minimum atomic E-state index is 0.426. The predicted molar refractivity (Wildman–Crippen MR) is 300 cm³/mol. The molecule has 0 aliphatic carbocycles. The molecule has 358 valence electrons. The third-order valence-corrected chi connectivity index (χ3v) is 15.2. The van der Waals surface area contributed by atoms with E-state index in [4.69, 9.17) is 29.9 Å². The third kappa shape index (κ3) is 8.46. The lowest BCUT2D eigenvalue weighted by Gasteiger charge is -2.34. The molecule has 2 aliphatic rings. The van der Waals surface area contributed by atoms with Gasteiger partial charge in [0.25, 0.3) is 0 Å². The number of pyridine rings is 4. The predicted octanol–water partition coefficient (Wildman–Crippen LogP) is 15.2. The van der Waals surface area contributed by atoms with Crippen LogP contribution < -0.4 is 9.80 Å². The number of nitrogens with zero attached hydrogens (tertiary/aromatic N) is 12. The summed E-state index contributed by atoms with van der Waals surface area (Å²) in [6.07, 6.45) is 6.98. The Bertz CT molecular complexity index is 3680. The Morgan fingerprint density at radius 1 is 0.250 bits per heavy atom. The second-order valence-electron chi connectivity index (χ2n) is 17.8. The van der Waals surface area contributed by atoms with E-state index in [2.05, 4.69) is 163 Å². The topological polar surface area (TPSA) is 135 Å². The molecular formula is C62H38N12S2. The van der Waals surface area contributed by atoms with Gasteiger partial charge >= 0.3 is 0 Å². The van der Waals surface area contributed by atoms with Crippen molar-refractivity contribution in [3.8, 4) is 80.0 Å². The molecule has 6 aromatic carbocycles. The van der Waals surface area contributed by atoms with Crippen molar-refractivity contribution >= 4 is 57.6 Å². The summed E-state index contributed by atoms with van der Waals surface area (Å²) in [5.74, 6) is 2.62. The summed E-state index contributed by atoms with van der Waals surface area (Å²) in [4.78, 5) is 58.7. The highest BCUT2D eigenvalue weighted by Crippen LogP contribution is 2.54. The molecule has 8 heterocycles. The van der Waals surface area contributed by atoms with Crippen molar-refractivity contribution in [3.63, 3.8) is 0 Å². The van der Waals surface area contributed by atoms with E-state index in [-0.39, 0.29) is 0 Å². The number of aromatic nitrogens is 10. The zero-order valence-corrected chi connectivity index (χ0v) is 41.8. The first kappa shape index (κ1) is 44.9. The van der Waals surface area contributed by atoms with Gasteiger partial charge in [0.15, 0.2) is 34.9 Å². The van der Waals surface area contributed by atoms with E-state index in [1.54, 1.807) is 48.3 Å². The Morgan fingerprint density at radius 2 is 0.513 bits per heavy atom. The van der Waals surface area contributed by atoms with Gasteiger partial charge in [-0.3, -0.25) is 19.9 Å². The number of anilines is 6. The fraction of sp³-hybridized carbons (Fsp3) is 0. The van der Waals surface area contributed by atoms with Gasteiger partial charge in [-0.1, -0.05) is 96.3 Å². The van der Waals surface area contributed by atoms with Gasteiger partial charge < -0.3 is 9.80 Å². The fourth-order valence-corrected chi connectivity index (χ4v) is 11.6. The summed E-state index contributed by atoms with van der Waals surface area (Å²) in [5, 5.41) is 0. The van der Waals surface area contributed by atoms with E-state index in [0.717, 1.165) is 76.0 Å². The Balaban J connectivity index is 1.05. The fourth-order valence-electron chi connectivity index (χ4n) is 9.49. The van der Waals surface area contributed by atoms with Crippen molar-refractivity contribution < 1.29 is 0 Å². The second kappa shape index (κ2) is 19.3. The molecule has 0 fully saturated rings. The number of rotatable bonds is 9. The van der Waals surface area contributed by atoms with Crippen LogP contribution in [0.3, 0.4) is 0 Å². The third-order valence-electron chi connectivity index (χ3n) is 12.9. The summed E-state index contributed by atoms with van der Waals surface area (Å²) >= 11 is 3.53. The van der Waals surface area contributed by atoms with Crippen LogP contribution >= 0.6 is 23.5 Å². The lowest BCUT2D eigenvalue weighted by Crippen LogP contribution is -2.15. The first-order valence-electron chi connectivity index (χ1n) is 24.4. The highest BCUT2D eigenvalue weighted by atomic mass is 32.2. The average Bonchev–Trinajstić information content (AvgIpc) is 3.56. The van der Waals surface area contributed by atoms with Crippen molar-refractivity contribution in [3.05, 3.63) is 231 Å². The molecule has 2 aliphatic heterocycles. The van der Waals surface area contributed by atoms with Crippen LogP contribution in [-0.4, -0.2) is 49.8 Å². The van der Waals surface area contributed by atoms with Gasteiger partial charge in [-0.05, 0) is 145 Å². The second-order valence-corrected chi connectivity index (χ2v) is 19.9. The molecule has 0 spiro atoms. The standard InChI is InChI=1S/C62H38N12S2/c1-5-25-53-49(21-1)73(50-22-2-6-26-54(50)75-53)43-35-39(33-41(37-43)57-67-59(45-17-9-13-29-63-45)71-60(68-57)46-18-10-14-30-64-46)40-34-42(38-44(36-40)74-51-23-3-7-27-55(51)76-56-28-8-4-24-52(56)74)58-69-61(47-19-11-15-31-65-47)72-62(70-58)48-20-12-16-32-66-48/h1-38H. The monoisotopic (exact) mass is 1010 g/mol. The van der Waals surface area contributed by atoms with E-state index in [1.165, 1.54) is 0 Å². The lowest BCUT2D eigenvalue weighted by atomic mass is 9.97. The molecule has 76 heavy (non-hydrogen) atoms. The number of fused-ring (bicyclic) bond motifs is 4. The van der Waals surface area contributed by atoms with Gasteiger partial charge in [0.1, 0.15) is 22.8 Å². The van der Waals surface area contributed by atoms with Crippen LogP contribution in [0.25, 0.3) is 80.0 Å². The van der Waals surface area contributed by atoms with Crippen LogP contribution in [0.15, 0.2) is 251 Å². The number of hydrogen-bond acceptors (Lipinski definition) is 14. The van der Waals surface area contributed by atoms with E-state index in [0.29, 0.717) is 57.7 Å². The van der Waals surface area contributed by atoms with Crippen LogP contribution in [-0.2, 0) is 0 Å². The Labute approximate surface area is 445 Å². The minimum Gasteiger partial charge on any atom is -0.308 e. The Morgan fingerprint density at radius 3 is 0.803 bits per heavy atom. The molecule has 0 saturated carbocycles. The molecule has 6 aromatic heterocycles. The van der Waals surface area contributed by atoms with Crippen LogP contribution in [0.4, 0.5) is 34.1 Å². The summed E-state index contributed by atoms with van der Waals surface area (Å²) in [5.41, 5.74) is 11.7. The maximum absolute atomic E-state index is 5.21. The summed E-state index contributed by atoms with van der Waals surface area (Å²) in [6, 6.07) is 70.1. The zero-order chi connectivity index (χ0) is 50.4. The highest BCUT2D eigenvalue weighted by Gasteiger charge is 2.29. The Kier molecular flexibility index (Phi) is 11.4. The molecule has 14 rings (SSSR count). The van der Waals surface area contributed by atoms with E-state index in [9.17, 15) is 0 Å². The van der Waals surface area contributed by atoms with E-state index in [1.807, 2.05) is 72.8 Å². The molecular weight excluding hydrogens is 977 g/mol. The molecule has 0 radical (unpaired) electrons. The number of para-hydroxylation sites is 4. The van der Waals surface area contributed by atoms with Crippen molar-refractivity contribution in [2.24, 2.45) is 0 Å². The van der Waals surface area contributed by atoms with Gasteiger partial charge in [0.05, 0.1) is 22.7 Å². The normalized spacial score (nSPS) is 12.3. The van der Waals surface area contributed by atoms with Crippen LogP contribution in [0.2, 0.25) is 0 Å². The lowest BCUT2D eigenvalue weighted by molar-refractivity contribution is 1.04. The molecule has 0 atom stereocenters. The maximum atomic E-state index is 5.21. The van der Waals surface area contributed by atoms with Gasteiger partial charge in [-0.15, -0.1) is 0 Å². The van der Waals surface area contributed by atoms with E-state index < -0.39 is 0 Å². The van der Waals surface area contributed by atoms with Crippen LogP contribution in [0, 0.1) is 0 Å². The summed E-state index contributed by atoms with van der Waals surface area (Å²) < 4.78 is 0. The van der Waals surface area contributed by atoms with E-state index >= 15 is 0 Å². The quantitative estimate of drug-likeness (QED) is 0.136. The average molecular weight is 1020 g/mol. The summed E-state index contributed by atoms with van der Waals surface area (Å²) in [7, 11) is 0. The largest absolute Gasteiger partial charge is 0.308 e. The van der Waals surface area contributed by atoms with Crippen LogP contribution in [0.1, 0.15) is 0 Å². The van der Waals surface area contributed by atoms with Crippen molar-refractivity contribution in [1.82, 2.24) is 49.8 Å². The SMILES string of the molecule is c1ccc(-c2nc(-c3cc(-c4cc(-c5nc(-c6ccccn6)nc(-c6ccccn6)n5)cc(N5c6ccccc6Sc6ccccc65)c4)cc(N4c5ccccc5Sc5ccccc54)c3)nc(-c3ccccn3)n2)nc1. The zero-order valence-electron chi connectivity index (χ0n) is 40.1. The number of benzene rings is 6. The van der Waals surface area contributed by atoms with Crippen molar-refractivity contribution in [1.29, 1.82) is 0 Å². The molecule has 0 unspecified atom stereocenters. The first-order valence-corrected chi connectivity index (χ1v) is 26.1. The number of hydrogen-bond donors (Lipinski definition) is 0. The smallest absolute Gasteiger partial charge is 0.182 e.